The number of carboxylic acid groups (broad SMARTS) is 1. The van der Waals surface area contributed by atoms with Gasteiger partial charge in [0.05, 0.1) is 18.5 Å². The lowest BCUT2D eigenvalue weighted by Gasteiger charge is -2.07. The molecule has 0 aromatic carbocycles. The third-order valence-corrected chi connectivity index (χ3v) is 3.55. The van der Waals surface area contributed by atoms with Crippen molar-refractivity contribution >= 4 is 23.5 Å². The second kappa shape index (κ2) is 7.56. The van der Waals surface area contributed by atoms with Crippen LogP contribution in [0.5, 0.6) is 0 Å². The molecule has 0 fully saturated rings. The quantitative estimate of drug-likeness (QED) is 0.547. The van der Waals surface area contributed by atoms with Crippen molar-refractivity contribution in [1.29, 1.82) is 0 Å². The van der Waals surface area contributed by atoms with Gasteiger partial charge in [0.15, 0.2) is 5.69 Å². The number of aryl methyl sites for hydroxylation is 1. The van der Waals surface area contributed by atoms with Crippen molar-refractivity contribution in [2.75, 3.05) is 5.32 Å². The van der Waals surface area contributed by atoms with Crippen molar-refractivity contribution in [2.45, 2.75) is 13.1 Å². The number of furan rings is 1. The predicted molar refractivity (Wildman–Crippen MR) is 90.9 cm³/mol. The Morgan fingerprint density at radius 3 is 2.81 bits per heavy atom. The largest absolute Gasteiger partial charge is 0.477 e. The van der Waals surface area contributed by atoms with Gasteiger partial charge in [-0.2, -0.15) is 10.2 Å². The van der Waals surface area contributed by atoms with E-state index in [0.717, 1.165) is 4.68 Å². The van der Waals surface area contributed by atoms with Crippen LogP contribution < -0.4 is 10.6 Å². The fraction of sp³-hybridized carbons (Fsp3) is 0.188. The number of rotatable bonds is 7. The van der Waals surface area contributed by atoms with E-state index in [9.17, 15) is 14.4 Å². The first-order valence-electron chi connectivity index (χ1n) is 7.83. The van der Waals surface area contributed by atoms with Crippen LogP contribution in [-0.2, 0) is 24.9 Å². The summed E-state index contributed by atoms with van der Waals surface area (Å²) in [5.74, 6) is -1.66. The Morgan fingerprint density at radius 1 is 1.30 bits per heavy atom. The van der Waals surface area contributed by atoms with Gasteiger partial charge >= 0.3 is 5.97 Å². The Morgan fingerprint density at radius 2 is 2.11 bits per heavy atom. The number of anilines is 1. The fourth-order valence-corrected chi connectivity index (χ4v) is 2.38. The number of carbonyl (C=O) groups excluding carboxylic acids is 2. The van der Waals surface area contributed by atoms with Crippen LogP contribution in [0.2, 0.25) is 0 Å². The normalized spacial score (nSPS) is 10.6. The number of amides is 2. The Labute approximate surface area is 152 Å². The number of nitrogens with one attached hydrogen (secondary N) is 2. The number of hydrogen-bond acceptors (Lipinski definition) is 6. The van der Waals surface area contributed by atoms with Crippen LogP contribution in [0.1, 0.15) is 26.7 Å². The van der Waals surface area contributed by atoms with E-state index in [0.29, 0.717) is 5.76 Å². The summed E-state index contributed by atoms with van der Waals surface area (Å²) in [7, 11) is 1.61. The van der Waals surface area contributed by atoms with Crippen molar-refractivity contribution in [1.82, 2.24) is 24.9 Å². The first-order chi connectivity index (χ1) is 12.9. The zero-order chi connectivity index (χ0) is 19.4. The zero-order valence-electron chi connectivity index (χ0n) is 14.2. The van der Waals surface area contributed by atoms with Crippen molar-refractivity contribution in [2.24, 2.45) is 7.05 Å². The minimum atomic E-state index is -1.19. The van der Waals surface area contributed by atoms with Gasteiger partial charge in [-0.25, -0.2) is 9.48 Å². The van der Waals surface area contributed by atoms with E-state index in [2.05, 4.69) is 20.8 Å². The molecule has 11 heteroatoms. The summed E-state index contributed by atoms with van der Waals surface area (Å²) in [5.41, 5.74) is 0.104. The van der Waals surface area contributed by atoms with E-state index in [1.807, 2.05) is 0 Å². The third kappa shape index (κ3) is 4.21. The number of carboxylic acids is 1. The van der Waals surface area contributed by atoms with Crippen LogP contribution in [-0.4, -0.2) is 42.5 Å². The second-order valence-electron chi connectivity index (χ2n) is 5.55. The van der Waals surface area contributed by atoms with Gasteiger partial charge in [-0.15, -0.1) is 0 Å². The Balaban J connectivity index is 1.67. The van der Waals surface area contributed by atoms with Gasteiger partial charge in [0, 0.05) is 19.4 Å². The molecule has 3 aromatic heterocycles. The SMILES string of the molecule is Cn1cc(NC(=O)Cn2nccc2C(=O)O)c(C(=O)NCc2ccco2)n1. The molecule has 3 rings (SSSR count). The lowest BCUT2D eigenvalue weighted by molar-refractivity contribution is -0.116. The summed E-state index contributed by atoms with van der Waals surface area (Å²) in [6, 6.07) is 4.70. The zero-order valence-corrected chi connectivity index (χ0v) is 14.2. The van der Waals surface area contributed by atoms with Crippen LogP contribution in [0.4, 0.5) is 5.69 Å². The van der Waals surface area contributed by atoms with Crippen molar-refractivity contribution in [3.8, 4) is 0 Å². The van der Waals surface area contributed by atoms with Crippen molar-refractivity contribution in [3.63, 3.8) is 0 Å². The molecule has 0 unspecified atom stereocenters. The molecule has 0 saturated carbocycles. The standard InChI is InChI=1S/C16H16N6O5/c1-21-8-11(14(20-21)15(24)17-7-10-3-2-6-27-10)19-13(23)9-22-12(16(25)26)4-5-18-22/h2-6,8H,7,9H2,1H3,(H,17,24)(H,19,23)(H,25,26). The molecule has 0 spiro atoms. The average molecular weight is 372 g/mol. The highest BCUT2D eigenvalue weighted by Crippen LogP contribution is 2.14. The molecule has 3 aromatic rings. The Bertz CT molecular complexity index is 972. The van der Waals surface area contributed by atoms with Crippen LogP contribution in [0, 0.1) is 0 Å². The van der Waals surface area contributed by atoms with Crippen LogP contribution in [0.25, 0.3) is 0 Å². The molecule has 3 N–H and O–H groups in total. The molecule has 2 amide bonds. The van der Waals surface area contributed by atoms with Gasteiger partial charge in [-0.1, -0.05) is 0 Å². The van der Waals surface area contributed by atoms with E-state index in [1.54, 1.807) is 19.2 Å². The molecule has 0 saturated heterocycles. The summed E-state index contributed by atoms with van der Waals surface area (Å²) in [6.07, 6.45) is 4.25. The molecule has 0 atom stereocenters. The van der Waals surface area contributed by atoms with Crippen LogP contribution >= 0.6 is 0 Å². The minimum Gasteiger partial charge on any atom is -0.477 e. The maximum Gasteiger partial charge on any atom is 0.354 e. The topological polar surface area (TPSA) is 144 Å². The lowest BCUT2D eigenvalue weighted by Crippen LogP contribution is -2.26. The highest BCUT2D eigenvalue weighted by molar-refractivity contribution is 6.02. The molecule has 3 heterocycles. The van der Waals surface area contributed by atoms with Gasteiger partial charge < -0.3 is 20.2 Å². The van der Waals surface area contributed by atoms with E-state index in [1.165, 1.54) is 29.4 Å². The van der Waals surface area contributed by atoms with Crippen molar-refractivity contribution in [3.05, 3.63) is 54.0 Å². The summed E-state index contributed by atoms with van der Waals surface area (Å²) in [4.78, 5) is 35.6. The maximum absolute atomic E-state index is 12.3. The smallest absolute Gasteiger partial charge is 0.354 e. The number of carbonyl (C=O) groups is 3. The molecular weight excluding hydrogens is 356 g/mol. The molecule has 0 aliphatic carbocycles. The summed E-state index contributed by atoms with van der Waals surface area (Å²) >= 11 is 0. The monoisotopic (exact) mass is 372 g/mol. The number of aromatic nitrogens is 4. The van der Waals surface area contributed by atoms with Gasteiger partial charge in [-0.05, 0) is 18.2 Å². The van der Waals surface area contributed by atoms with Gasteiger partial charge in [0.2, 0.25) is 5.91 Å². The lowest BCUT2D eigenvalue weighted by atomic mass is 10.3. The molecule has 140 valence electrons. The predicted octanol–water partition coefficient (Wildman–Crippen LogP) is 0.476. The average Bonchev–Trinajstić information content (AvgIpc) is 3.33. The molecule has 0 radical (unpaired) electrons. The van der Waals surface area contributed by atoms with Crippen molar-refractivity contribution < 1.29 is 23.9 Å². The fourth-order valence-electron chi connectivity index (χ4n) is 2.38. The van der Waals surface area contributed by atoms with E-state index in [4.69, 9.17) is 9.52 Å². The van der Waals surface area contributed by atoms with Gasteiger partial charge in [0.1, 0.15) is 18.0 Å². The third-order valence-electron chi connectivity index (χ3n) is 3.55. The molecule has 11 nitrogen and oxygen atoms in total. The molecule has 0 aliphatic rings. The first kappa shape index (κ1) is 17.9. The number of hydrogen-bond donors (Lipinski definition) is 3. The van der Waals surface area contributed by atoms with Crippen LogP contribution in [0.3, 0.4) is 0 Å². The first-order valence-corrected chi connectivity index (χ1v) is 7.83. The van der Waals surface area contributed by atoms with Crippen LogP contribution in [0.15, 0.2) is 41.3 Å². The Kier molecular flexibility index (Phi) is 5.01. The highest BCUT2D eigenvalue weighted by Gasteiger charge is 2.19. The number of aromatic carboxylic acids is 1. The second-order valence-corrected chi connectivity index (χ2v) is 5.55. The molecular formula is C16H16N6O5. The highest BCUT2D eigenvalue weighted by atomic mass is 16.4. The van der Waals surface area contributed by atoms with E-state index >= 15 is 0 Å². The Hall–Kier alpha value is -3.89. The minimum absolute atomic E-state index is 0.0244. The molecule has 27 heavy (non-hydrogen) atoms. The molecule has 0 aliphatic heterocycles. The van der Waals surface area contributed by atoms with E-state index < -0.39 is 17.8 Å². The summed E-state index contributed by atoms with van der Waals surface area (Å²) in [6.45, 7) is -0.151. The molecule has 0 bridgehead atoms. The van der Waals surface area contributed by atoms with E-state index in [-0.39, 0.29) is 30.2 Å². The maximum atomic E-state index is 12.3. The summed E-state index contributed by atoms with van der Waals surface area (Å²) < 4.78 is 7.57. The number of nitrogens with zero attached hydrogens (tertiary/aromatic N) is 4. The van der Waals surface area contributed by atoms with Gasteiger partial charge in [0.25, 0.3) is 5.91 Å². The van der Waals surface area contributed by atoms with Gasteiger partial charge in [-0.3, -0.25) is 14.3 Å². The summed E-state index contributed by atoms with van der Waals surface area (Å²) in [5, 5.41) is 22.1.